The number of nitrogens with one attached hydrogen (secondary N) is 2. The highest BCUT2D eigenvalue weighted by atomic mass is 35.5. The van der Waals surface area contributed by atoms with Crippen LogP contribution in [0.3, 0.4) is 0 Å². The van der Waals surface area contributed by atoms with Crippen LogP contribution in [0.2, 0.25) is 5.02 Å². The van der Waals surface area contributed by atoms with Crippen molar-refractivity contribution in [3.63, 3.8) is 0 Å². The van der Waals surface area contributed by atoms with Crippen LogP contribution in [-0.4, -0.2) is 18.6 Å². The lowest BCUT2D eigenvalue weighted by atomic mass is 9.95. The van der Waals surface area contributed by atoms with Crippen LogP contribution in [0.15, 0.2) is 48.2 Å². The Morgan fingerprint density at radius 2 is 2.29 bits per heavy atom. The van der Waals surface area contributed by atoms with Crippen molar-refractivity contribution in [1.82, 2.24) is 10.6 Å². The summed E-state index contributed by atoms with van der Waals surface area (Å²) in [5.74, 6) is -0.509. The SMILES string of the molecule is C=CCOC(=O)C1=C(C)NC(=O)N[C@H]1c1cccc(Cl)c1. The van der Waals surface area contributed by atoms with Gasteiger partial charge in [-0.3, -0.25) is 0 Å². The zero-order chi connectivity index (χ0) is 15.4. The van der Waals surface area contributed by atoms with E-state index >= 15 is 0 Å². The number of benzene rings is 1. The third-order valence-corrected chi connectivity index (χ3v) is 3.24. The molecule has 1 aliphatic heterocycles. The summed E-state index contributed by atoms with van der Waals surface area (Å²) in [6, 6.07) is 5.99. The van der Waals surface area contributed by atoms with Crippen LogP contribution in [0.1, 0.15) is 18.5 Å². The van der Waals surface area contributed by atoms with Gasteiger partial charge in [0.25, 0.3) is 0 Å². The number of halogens is 1. The number of amides is 2. The molecule has 6 heteroatoms. The highest BCUT2D eigenvalue weighted by Gasteiger charge is 2.32. The van der Waals surface area contributed by atoms with Gasteiger partial charge >= 0.3 is 12.0 Å². The summed E-state index contributed by atoms with van der Waals surface area (Å²) in [6.45, 7) is 5.26. The number of carbonyl (C=O) groups excluding carboxylic acids is 2. The molecule has 0 spiro atoms. The predicted molar refractivity (Wildman–Crippen MR) is 79.7 cm³/mol. The Bertz CT molecular complexity index is 625. The molecule has 0 unspecified atom stereocenters. The Morgan fingerprint density at radius 3 is 2.95 bits per heavy atom. The fourth-order valence-corrected chi connectivity index (χ4v) is 2.31. The Kier molecular flexibility index (Phi) is 4.65. The van der Waals surface area contributed by atoms with E-state index in [0.717, 1.165) is 0 Å². The predicted octanol–water partition coefficient (Wildman–Crippen LogP) is 2.70. The van der Waals surface area contributed by atoms with Gasteiger partial charge in [-0.1, -0.05) is 36.4 Å². The summed E-state index contributed by atoms with van der Waals surface area (Å²) < 4.78 is 5.08. The Labute approximate surface area is 127 Å². The molecular weight excluding hydrogens is 292 g/mol. The first-order valence-electron chi connectivity index (χ1n) is 6.34. The van der Waals surface area contributed by atoms with E-state index in [9.17, 15) is 9.59 Å². The second-order valence-electron chi connectivity index (χ2n) is 4.51. The van der Waals surface area contributed by atoms with E-state index in [1.54, 1.807) is 31.2 Å². The minimum absolute atomic E-state index is 0.103. The molecular formula is C15H15ClN2O3. The van der Waals surface area contributed by atoms with Gasteiger partial charge in [-0.15, -0.1) is 0 Å². The Balaban J connectivity index is 2.40. The average molecular weight is 307 g/mol. The minimum Gasteiger partial charge on any atom is -0.458 e. The lowest BCUT2D eigenvalue weighted by molar-refractivity contribution is -0.138. The molecule has 1 aliphatic rings. The molecule has 5 nitrogen and oxygen atoms in total. The Hall–Kier alpha value is -2.27. The van der Waals surface area contributed by atoms with E-state index in [1.165, 1.54) is 6.08 Å². The standard InChI is InChI=1S/C15H15ClN2O3/c1-3-7-21-14(19)12-9(2)17-15(20)18-13(12)10-5-4-6-11(16)8-10/h3-6,8,13H,1,7H2,2H3,(H2,17,18,20)/t13-/m0/s1. The van der Waals surface area contributed by atoms with Crippen molar-refractivity contribution in [2.24, 2.45) is 0 Å². The van der Waals surface area contributed by atoms with Gasteiger partial charge < -0.3 is 15.4 Å². The zero-order valence-electron chi connectivity index (χ0n) is 11.5. The maximum atomic E-state index is 12.2. The minimum atomic E-state index is -0.602. The first-order valence-corrected chi connectivity index (χ1v) is 6.72. The molecule has 1 aromatic rings. The highest BCUT2D eigenvalue weighted by Crippen LogP contribution is 2.28. The van der Waals surface area contributed by atoms with Crippen LogP contribution in [0.5, 0.6) is 0 Å². The van der Waals surface area contributed by atoms with Gasteiger partial charge in [0.2, 0.25) is 0 Å². The van der Waals surface area contributed by atoms with E-state index in [1.807, 2.05) is 0 Å². The molecule has 1 atom stereocenters. The smallest absolute Gasteiger partial charge is 0.338 e. The van der Waals surface area contributed by atoms with Crippen LogP contribution in [-0.2, 0) is 9.53 Å². The summed E-state index contributed by atoms with van der Waals surface area (Å²) in [6.07, 6.45) is 1.48. The molecule has 2 N–H and O–H groups in total. The first kappa shape index (κ1) is 15.1. The van der Waals surface area contributed by atoms with E-state index < -0.39 is 12.0 Å². The van der Waals surface area contributed by atoms with E-state index in [2.05, 4.69) is 17.2 Å². The van der Waals surface area contributed by atoms with Crippen LogP contribution in [0.4, 0.5) is 4.79 Å². The zero-order valence-corrected chi connectivity index (χ0v) is 12.2. The van der Waals surface area contributed by atoms with Gasteiger partial charge in [-0.25, -0.2) is 9.59 Å². The lowest BCUT2D eigenvalue weighted by Gasteiger charge is -2.28. The quantitative estimate of drug-likeness (QED) is 0.664. The van der Waals surface area contributed by atoms with E-state index in [4.69, 9.17) is 16.3 Å². The summed E-state index contributed by atoms with van der Waals surface area (Å²) in [5.41, 5.74) is 1.51. The summed E-state index contributed by atoms with van der Waals surface area (Å²) in [4.78, 5) is 23.9. The van der Waals surface area contributed by atoms with Crippen LogP contribution >= 0.6 is 11.6 Å². The van der Waals surface area contributed by atoms with Gasteiger partial charge in [0.15, 0.2) is 0 Å². The normalized spacial score (nSPS) is 17.8. The van der Waals surface area contributed by atoms with Crippen molar-refractivity contribution in [1.29, 1.82) is 0 Å². The van der Waals surface area contributed by atoms with Gasteiger partial charge in [0.05, 0.1) is 11.6 Å². The topological polar surface area (TPSA) is 67.4 Å². The molecule has 21 heavy (non-hydrogen) atoms. The molecule has 2 rings (SSSR count). The number of esters is 1. The average Bonchev–Trinajstić information content (AvgIpc) is 2.44. The second kappa shape index (κ2) is 6.45. The maximum Gasteiger partial charge on any atom is 0.338 e. The molecule has 0 radical (unpaired) electrons. The largest absolute Gasteiger partial charge is 0.458 e. The van der Waals surface area contributed by atoms with Crippen molar-refractivity contribution in [2.45, 2.75) is 13.0 Å². The monoisotopic (exact) mass is 306 g/mol. The number of ether oxygens (including phenoxy) is 1. The molecule has 0 bridgehead atoms. The lowest BCUT2D eigenvalue weighted by Crippen LogP contribution is -2.45. The molecule has 0 saturated carbocycles. The van der Waals surface area contributed by atoms with Crippen molar-refractivity contribution in [3.8, 4) is 0 Å². The number of hydrogen-bond acceptors (Lipinski definition) is 3. The number of rotatable bonds is 4. The molecule has 1 heterocycles. The van der Waals surface area contributed by atoms with Gasteiger partial charge in [0.1, 0.15) is 6.61 Å². The van der Waals surface area contributed by atoms with Crippen molar-refractivity contribution in [3.05, 3.63) is 58.8 Å². The number of carbonyl (C=O) groups is 2. The van der Waals surface area contributed by atoms with Crippen molar-refractivity contribution in [2.75, 3.05) is 6.61 Å². The van der Waals surface area contributed by atoms with E-state index in [-0.39, 0.29) is 12.6 Å². The molecule has 110 valence electrons. The van der Waals surface area contributed by atoms with Crippen molar-refractivity contribution >= 4 is 23.6 Å². The molecule has 0 saturated heterocycles. The fraction of sp³-hybridized carbons (Fsp3) is 0.200. The summed E-state index contributed by atoms with van der Waals surface area (Å²) >= 11 is 5.97. The van der Waals surface area contributed by atoms with Crippen LogP contribution in [0.25, 0.3) is 0 Å². The number of hydrogen-bond donors (Lipinski definition) is 2. The van der Waals surface area contributed by atoms with Gasteiger partial charge in [-0.2, -0.15) is 0 Å². The number of urea groups is 1. The van der Waals surface area contributed by atoms with Crippen LogP contribution < -0.4 is 10.6 Å². The van der Waals surface area contributed by atoms with E-state index in [0.29, 0.717) is 21.9 Å². The summed E-state index contributed by atoms with van der Waals surface area (Å²) in [5, 5.41) is 5.80. The van der Waals surface area contributed by atoms with Crippen LogP contribution in [0, 0.1) is 0 Å². The molecule has 0 aliphatic carbocycles. The summed E-state index contributed by atoms with van der Waals surface area (Å²) in [7, 11) is 0. The fourth-order valence-electron chi connectivity index (χ4n) is 2.11. The molecule has 2 amide bonds. The van der Waals surface area contributed by atoms with Crippen molar-refractivity contribution < 1.29 is 14.3 Å². The maximum absolute atomic E-state index is 12.2. The number of allylic oxidation sites excluding steroid dienone is 1. The van der Waals surface area contributed by atoms with Gasteiger partial charge in [-0.05, 0) is 24.6 Å². The molecule has 0 aromatic heterocycles. The first-order chi connectivity index (χ1) is 10.0. The molecule has 1 aromatic carbocycles. The van der Waals surface area contributed by atoms with Gasteiger partial charge in [0, 0.05) is 10.7 Å². The molecule has 0 fully saturated rings. The third kappa shape index (κ3) is 3.44. The Morgan fingerprint density at radius 1 is 1.52 bits per heavy atom. The third-order valence-electron chi connectivity index (χ3n) is 3.00. The second-order valence-corrected chi connectivity index (χ2v) is 4.95. The highest BCUT2D eigenvalue weighted by molar-refractivity contribution is 6.30.